The third-order valence-electron chi connectivity index (χ3n) is 2.22. The van der Waals surface area contributed by atoms with Crippen LogP contribution < -0.4 is 0 Å². The first-order chi connectivity index (χ1) is 7.59. The Morgan fingerprint density at radius 2 is 1.75 bits per heavy atom. The van der Waals surface area contributed by atoms with Crippen LogP contribution in [-0.4, -0.2) is 5.11 Å². The topological polar surface area (TPSA) is 20.2 Å². The summed E-state index contributed by atoms with van der Waals surface area (Å²) >= 11 is 11.6. The predicted molar refractivity (Wildman–Crippen MR) is 63.5 cm³/mol. The molecule has 0 aliphatic carbocycles. The first kappa shape index (κ1) is 11.2. The fraction of sp³-hybridized carbons (Fsp3) is 0. The van der Waals surface area contributed by atoms with E-state index in [0.717, 1.165) is 0 Å². The Morgan fingerprint density at radius 3 is 2.44 bits per heavy atom. The Labute approximate surface area is 102 Å². The standard InChI is InChI=1S/C12H7Cl2FO/c13-9-5-4-7(6-10(9)14)8-2-1-3-11(15)12(8)16/h1-6,16H. The van der Waals surface area contributed by atoms with Crippen LogP contribution in [0.3, 0.4) is 0 Å². The molecule has 0 aromatic heterocycles. The molecule has 0 saturated carbocycles. The first-order valence-corrected chi connectivity index (χ1v) is 5.28. The Bertz CT molecular complexity index is 541. The van der Waals surface area contributed by atoms with Gasteiger partial charge in [-0.05, 0) is 23.8 Å². The highest BCUT2D eigenvalue weighted by atomic mass is 35.5. The number of aromatic hydroxyl groups is 1. The van der Waals surface area contributed by atoms with Crippen molar-refractivity contribution in [3.05, 3.63) is 52.3 Å². The van der Waals surface area contributed by atoms with Crippen molar-refractivity contribution in [1.82, 2.24) is 0 Å². The molecule has 1 nitrogen and oxygen atoms in total. The molecule has 0 aliphatic rings. The highest BCUT2D eigenvalue weighted by molar-refractivity contribution is 6.42. The lowest BCUT2D eigenvalue weighted by Gasteiger charge is -2.06. The lowest BCUT2D eigenvalue weighted by atomic mass is 10.0. The molecule has 0 radical (unpaired) electrons. The quantitative estimate of drug-likeness (QED) is 0.797. The Hall–Kier alpha value is -1.25. The summed E-state index contributed by atoms with van der Waals surface area (Å²) in [4.78, 5) is 0. The van der Waals surface area contributed by atoms with E-state index in [9.17, 15) is 9.50 Å². The van der Waals surface area contributed by atoms with Crippen molar-refractivity contribution < 1.29 is 9.50 Å². The lowest BCUT2D eigenvalue weighted by Crippen LogP contribution is -1.83. The summed E-state index contributed by atoms with van der Waals surface area (Å²) in [6, 6.07) is 9.17. The largest absolute Gasteiger partial charge is 0.504 e. The van der Waals surface area contributed by atoms with Crippen molar-refractivity contribution in [3.63, 3.8) is 0 Å². The number of phenolic OH excluding ortho intramolecular Hbond substituents is 1. The van der Waals surface area contributed by atoms with Crippen molar-refractivity contribution in [2.45, 2.75) is 0 Å². The number of halogens is 3. The van der Waals surface area contributed by atoms with Crippen LogP contribution in [0.25, 0.3) is 11.1 Å². The van der Waals surface area contributed by atoms with Crippen LogP contribution in [0, 0.1) is 5.82 Å². The number of benzene rings is 2. The van der Waals surface area contributed by atoms with Crippen LogP contribution in [0.5, 0.6) is 5.75 Å². The Morgan fingerprint density at radius 1 is 1.00 bits per heavy atom. The Kier molecular flexibility index (Phi) is 3.03. The predicted octanol–water partition coefficient (Wildman–Crippen LogP) is 4.51. The van der Waals surface area contributed by atoms with Gasteiger partial charge in [-0.1, -0.05) is 41.4 Å². The van der Waals surface area contributed by atoms with E-state index in [4.69, 9.17) is 23.2 Å². The lowest BCUT2D eigenvalue weighted by molar-refractivity contribution is 0.434. The Balaban J connectivity index is 2.59. The normalized spacial score (nSPS) is 10.4. The maximum atomic E-state index is 13.1. The van der Waals surface area contributed by atoms with E-state index in [2.05, 4.69) is 0 Å². The molecule has 16 heavy (non-hydrogen) atoms. The van der Waals surface area contributed by atoms with Crippen LogP contribution in [0.4, 0.5) is 4.39 Å². The van der Waals surface area contributed by atoms with E-state index in [1.807, 2.05) is 0 Å². The molecule has 2 aromatic carbocycles. The molecule has 0 bridgehead atoms. The highest BCUT2D eigenvalue weighted by Gasteiger charge is 2.09. The maximum Gasteiger partial charge on any atom is 0.165 e. The molecular formula is C12H7Cl2FO. The minimum atomic E-state index is -0.663. The van der Waals surface area contributed by atoms with E-state index in [1.54, 1.807) is 24.3 Å². The second-order valence-electron chi connectivity index (χ2n) is 3.26. The third-order valence-corrected chi connectivity index (χ3v) is 2.96. The molecule has 0 fully saturated rings. The molecule has 0 aliphatic heterocycles. The molecule has 4 heteroatoms. The molecular weight excluding hydrogens is 250 g/mol. The van der Waals surface area contributed by atoms with E-state index in [0.29, 0.717) is 21.2 Å². The van der Waals surface area contributed by atoms with Gasteiger partial charge in [0.05, 0.1) is 10.0 Å². The van der Waals surface area contributed by atoms with Crippen LogP contribution >= 0.6 is 23.2 Å². The van der Waals surface area contributed by atoms with Gasteiger partial charge in [0.2, 0.25) is 0 Å². The molecule has 2 aromatic rings. The summed E-state index contributed by atoms with van der Waals surface area (Å²) in [6.07, 6.45) is 0. The molecule has 0 spiro atoms. The van der Waals surface area contributed by atoms with Gasteiger partial charge in [0.25, 0.3) is 0 Å². The van der Waals surface area contributed by atoms with Crippen molar-refractivity contribution in [2.24, 2.45) is 0 Å². The van der Waals surface area contributed by atoms with Crippen LogP contribution in [0.1, 0.15) is 0 Å². The number of hydrogen-bond acceptors (Lipinski definition) is 1. The first-order valence-electron chi connectivity index (χ1n) is 4.52. The second-order valence-corrected chi connectivity index (χ2v) is 4.08. The molecule has 2 rings (SSSR count). The smallest absolute Gasteiger partial charge is 0.165 e. The monoisotopic (exact) mass is 256 g/mol. The summed E-state index contributed by atoms with van der Waals surface area (Å²) < 4.78 is 13.1. The minimum absolute atomic E-state index is 0.364. The SMILES string of the molecule is Oc1c(F)cccc1-c1ccc(Cl)c(Cl)c1. The van der Waals surface area contributed by atoms with E-state index < -0.39 is 5.82 Å². The second kappa shape index (κ2) is 4.32. The van der Waals surface area contributed by atoms with Gasteiger partial charge in [-0.3, -0.25) is 0 Å². The summed E-state index contributed by atoms with van der Waals surface area (Å²) in [5.41, 5.74) is 1.00. The molecule has 0 saturated heterocycles. The van der Waals surface area contributed by atoms with Crippen LogP contribution in [0.2, 0.25) is 10.0 Å². The fourth-order valence-corrected chi connectivity index (χ4v) is 1.71. The number of hydrogen-bond donors (Lipinski definition) is 1. The molecule has 0 atom stereocenters. The molecule has 1 N–H and O–H groups in total. The zero-order valence-corrected chi connectivity index (χ0v) is 9.56. The highest BCUT2D eigenvalue weighted by Crippen LogP contribution is 2.34. The van der Waals surface area contributed by atoms with E-state index in [1.165, 1.54) is 12.1 Å². The van der Waals surface area contributed by atoms with Gasteiger partial charge in [-0.25, -0.2) is 4.39 Å². The van der Waals surface area contributed by atoms with Crippen LogP contribution in [-0.2, 0) is 0 Å². The van der Waals surface area contributed by atoms with E-state index in [-0.39, 0.29) is 5.75 Å². The molecule has 0 heterocycles. The van der Waals surface area contributed by atoms with Crippen molar-refractivity contribution in [1.29, 1.82) is 0 Å². The summed E-state index contributed by atoms with van der Waals surface area (Å²) in [5, 5.41) is 10.3. The molecule has 0 amide bonds. The van der Waals surface area contributed by atoms with Crippen molar-refractivity contribution in [2.75, 3.05) is 0 Å². The van der Waals surface area contributed by atoms with Gasteiger partial charge < -0.3 is 5.11 Å². The van der Waals surface area contributed by atoms with Gasteiger partial charge in [-0.2, -0.15) is 0 Å². The average molecular weight is 257 g/mol. The van der Waals surface area contributed by atoms with Gasteiger partial charge in [0.15, 0.2) is 11.6 Å². The molecule has 82 valence electrons. The molecule has 0 unspecified atom stereocenters. The fourth-order valence-electron chi connectivity index (χ4n) is 1.41. The van der Waals surface area contributed by atoms with Gasteiger partial charge in [-0.15, -0.1) is 0 Å². The number of rotatable bonds is 1. The zero-order valence-electron chi connectivity index (χ0n) is 8.05. The summed E-state index contributed by atoms with van der Waals surface area (Å²) in [5.74, 6) is -1.05. The minimum Gasteiger partial charge on any atom is -0.504 e. The number of phenols is 1. The average Bonchev–Trinajstić information content (AvgIpc) is 2.26. The van der Waals surface area contributed by atoms with Gasteiger partial charge in [0.1, 0.15) is 0 Å². The third kappa shape index (κ3) is 1.99. The van der Waals surface area contributed by atoms with Gasteiger partial charge >= 0.3 is 0 Å². The summed E-state index contributed by atoms with van der Waals surface area (Å²) in [6.45, 7) is 0. The van der Waals surface area contributed by atoms with Crippen molar-refractivity contribution >= 4 is 23.2 Å². The van der Waals surface area contributed by atoms with Crippen LogP contribution in [0.15, 0.2) is 36.4 Å². The van der Waals surface area contributed by atoms with E-state index >= 15 is 0 Å². The number of para-hydroxylation sites is 1. The van der Waals surface area contributed by atoms with Gasteiger partial charge in [0, 0.05) is 5.56 Å². The maximum absolute atomic E-state index is 13.1. The van der Waals surface area contributed by atoms with Crippen molar-refractivity contribution in [3.8, 4) is 16.9 Å². The zero-order chi connectivity index (χ0) is 11.7. The summed E-state index contributed by atoms with van der Waals surface area (Å²) in [7, 11) is 0.